The molecule has 20 heavy (non-hydrogen) atoms. The Morgan fingerprint density at radius 1 is 1.40 bits per heavy atom. The fourth-order valence-corrected chi connectivity index (χ4v) is 2.64. The van der Waals surface area contributed by atoms with Gasteiger partial charge in [0.25, 0.3) is 0 Å². The lowest BCUT2D eigenvalue weighted by molar-refractivity contribution is -0.120. The molecule has 2 rings (SSSR count). The van der Waals surface area contributed by atoms with E-state index < -0.39 is 0 Å². The molecule has 0 aromatic heterocycles. The summed E-state index contributed by atoms with van der Waals surface area (Å²) >= 11 is 0. The van der Waals surface area contributed by atoms with Crippen molar-refractivity contribution in [2.75, 3.05) is 13.7 Å². The molecule has 1 amide bonds. The van der Waals surface area contributed by atoms with Gasteiger partial charge in [-0.1, -0.05) is 6.07 Å². The van der Waals surface area contributed by atoms with Gasteiger partial charge < -0.3 is 15.4 Å². The SMILES string of the molecule is COc1ccc2c(c1)CC(NCC(=O)NC(C)C)CC2. The molecule has 1 aliphatic rings. The predicted molar refractivity (Wildman–Crippen MR) is 80.1 cm³/mol. The van der Waals surface area contributed by atoms with E-state index in [2.05, 4.69) is 22.8 Å². The molecule has 0 heterocycles. The number of fused-ring (bicyclic) bond motifs is 1. The van der Waals surface area contributed by atoms with Crippen LogP contribution >= 0.6 is 0 Å². The number of carbonyl (C=O) groups is 1. The van der Waals surface area contributed by atoms with Gasteiger partial charge in [-0.3, -0.25) is 4.79 Å². The van der Waals surface area contributed by atoms with E-state index in [1.807, 2.05) is 19.9 Å². The minimum atomic E-state index is 0.0661. The zero-order valence-electron chi connectivity index (χ0n) is 12.5. The second-order valence-electron chi connectivity index (χ2n) is 5.68. The molecule has 0 saturated carbocycles. The van der Waals surface area contributed by atoms with Gasteiger partial charge in [0.1, 0.15) is 5.75 Å². The Morgan fingerprint density at radius 3 is 2.90 bits per heavy atom. The molecule has 1 unspecified atom stereocenters. The minimum Gasteiger partial charge on any atom is -0.497 e. The van der Waals surface area contributed by atoms with Crippen molar-refractivity contribution in [2.24, 2.45) is 0 Å². The summed E-state index contributed by atoms with van der Waals surface area (Å²) in [7, 11) is 1.69. The van der Waals surface area contributed by atoms with Gasteiger partial charge in [-0.2, -0.15) is 0 Å². The molecule has 1 aromatic carbocycles. The van der Waals surface area contributed by atoms with Crippen molar-refractivity contribution < 1.29 is 9.53 Å². The number of carbonyl (C=O) groups excluding carboxylic acids is 1. The quantitative estimate of drug-likeness (QED) is 0.860. The van der Waals surface area contributed by atoms with Crippen molar-refractivity contribution in [1.82, 2.24) is 10.6 Å². The summed E-state index contributed by atoms with van der Waals surface area (Å²) in [6.45, 7) is 4.34. The maximum absolute atomic E-state index is 11.6. The average Bonchev–Trinajstić information content (AvgIpc) is 2.43. The monoisotopic (exact) mass is 276 g/mol. The van der Waals surface area contributed by atoms with Gasteiger partial charge in [0.15, 0.2) is 0 Å². The van der Waals surface area contributed by atoms with E-state index in [1.54, 1.807) is 7.11 Å². The Hall–Kier alpha value is -1.55. The Labute approximate surface area is 120 Å². The molecular weight excluding hydrogens is 252 g/mol. The molecule has 0 bridgehead atoms. The van der Waals surface area contributed by atoms with Crippen LogP contribution < -0.4 is 15.4 Å². The lowest BCUT2D eigenvalue weighted by Crippen LogP contribution is -2.43. The van der Waals surface area contributed by atoms with Crippen LogP contribution in [-0.2, 0) is 17.6 Å². The number of methoxy groups -OCH3 is 1. The highest BCUT2D eigenvalue weighted by atomic mass is 16.5. The van der Waals surface area contributed by atoms with Gasteiger partial charge in [0, 0.05) is 12.1 Å². The van der Waals surface area contributed by atoms with Crippen molar-refractivity contribution in [2.45, 2.75) is 45.2 Å². The molecule has 0 radical (unpaired) electrons. The van der Waals surface area contributed by atoms with Crippen molar-refractivity contribution in [3.8, 4) is 5.75 Å². The van der Waals surface area contributed by atoms with E-state index in [0.29, 0.717) is 12.6 Å². The van der Waals surface area contributed by atoms with E-state index in [4.69, 9.17) is 4.74 Å². The molecule has 110 valence electrons. The van der Waals surface area contributed by atoms with Crippen LogP contribution in [0.3, 0.4) is 0 Å². The molecule has 0 aliphatic heterocycles. The van der Waals surface area contributed by atoms with Crippen molar-refractivity contribution in [1.29, 1.82) is 0 Å². The third-order valence-corrected chi connectivity index (χ3v) is 3.64. The number of nitrogens with one attached hydrogen (secondary N) is 2. The maximum Gasteiger partial charge on any atom is 0.234 e. The van der Waals surface area contributed by atoms with Crippen LogP contribution in [0, 0.1) is 0 Å². The first-order chi connectivity index (χ1) is 9.58. The Balaban J connectivity index is 1.89. The second kappa shape index (κ2) is 6.75. The maximum atomic E-state index is 11.6. The number of hydrogen-bond donors (Lipinski definition) is 2. The van der Waals surface area contributed by atoms with E-state index >= 15 is 0 Å². The van der Waals surface area contributed by atoms with Crippen LogP contribution in [0.25, 0.3) is 0 Å². The van der Waals surface area contributed by atoms with E-state index in [9.17, 15) is 4.79 Å². The molecule has 2 N–H and O–H groups in total. The van der Waals surface area contributed by atoms with Crippen LogP contribution in [0.2, 0.25) is 0 Å². The summed E-state index contributed by atoms with van der Waals surface area (Å²) in [5.41, 5.74) is 2.73. The van der Waals surface area contributed by atoms with E-state index in [-0.39, 0.29) is 11.9 Å². The third kappa shape index (κ3) is 3.97. The first-order valence-corrected chi connectivity index (χ1v) is 7.27. The summed E-state index contributed by atoms with van der Waals surface area (Å²) in [4.78, 5) is 11.6. The minimum absolute atomic E-state index is 0.0661. The normalized spacial score (nSPS) is 17.7. The van der Waals surface area contributed by atoms with Crippen molar-refractivity contribution >= 4 is 5.91 Å². The number of hydrogen-bond acceptors (Lipinski definition) is 3. The van der Waals surface area contributed by atoms with Crippen LogP contribution in [0.4, 0.5) is 0 Å². The fourth-order valence-electron chi connectivity index (χ4n) is 2.64. The molecule has 0 fully saturated rings. The van der Waals surface area contributed by atoms with Crippen molar-refractivity contribution in [3.63, 3.8) is 0 Å². The molecule has 1 aromatic rings. The van der Waals surface area contributed by atoms with Gasteiger partial charge in [0.2, 0.25) is 5.91 Å². The highest BCUT2D eigenvalue weighted by Crippen LogP contribution is 2.25. The molecule has 1 atom stereocenters. The zero-order valence-corrected chi connectivity index (χ0v) is 12.5. The number of ether oxygens (including phenoxy) is 1. The highest BCUT2D eigenvalue weighted by Gasteiger charge is 2.19. The smallest absolute Gasteiger partial charge is 0.234 e. The summed E-state index contributed by atoms with van der Waals surface area (Å²) in [6, 6.07) is 6.84. The van der Waals surface area contributed by atoms with Crippen LogP contribution in [0.1, 0.15) is 31.4 Å². The zero-order chi connectivity index (χ0) is 14.5. The largest absolute Gasteiger partial charge is 0.497 e. The Kier molecular flexibility index (Phi) is 5.01. The number of benzene rings is 1. The summed E-state index contributed by atoms with van der Waals surface area (Å²) < 4.78 is 5.27. The van der Waals surface area contributed by atoms with Gasteiger partial charge in [0.05, 0.1) is 13.7 Å². The van der Waals surface area contributed by atoms with Gasteiger partial charge >= 0.3 is 0 Å². The van der Waals surface area contributed by atoms with Gasteiger partial charge in [-0.05, 0) is 56.4 Å². The molecular formula is C16H24N2O2. The molecule has 1 aliphatic carbocycles. The Morgan fingerprint density at radius 2 is 2.20 bits per heavy atom. The lowest BCUT2D eigenvalue weighted by atomic mass is 9.88. The summed E-state index contributed by atoms with van der Waals surface area (Å²) in [5, 5.41) is 6.25. The predicted octanol–water partition coefficient (Wildman–Crippen LogP) is 1.67. The topological polar surface area (TPSA) is 50.4 Å². The van der Waals surface area contributed by atoms with Gasteiger partial charge in [-0.15, -0.1) is 0 Å². The van der Waals surface area contributed by atoms with Gasteiger partial charge in [-0.25, -0.2) is 0 Å². The molecule has 0 saturated heterocycles. The van der Waals surface area contributed by atoms with Crippen LogP contribution in [-0.4, -0.2) is 31.6 Å². The van der Waals surface area contributed by atoms with E-state index in [0.717, 1.165) is 25.0 Å². The third-order valence-electron chi connectivity index (χ3n) is 3.64. The van der Waals surface area contributed by atoms with Crippen LogP contribution in [0.5, 0.6) is 5.75 Å². The fraction of sp³-hybridized carbons (Fsp3) is 0.562. The molecule has 4 nitrogen and oxygen atoms in total. The lowest BCUT2D eigenvalue weighted by Gasteiger charge is -2.26. The van der Waals surface area contributed by atoms with Crippen LogP contribution in [0.15, 0.2) is 18.2 Å². The second-order valence-corrected chi connectivity index (χ2v) is 5.68. The Bertz CT molecular complexity index is 472. The highest BCUT2D eigenvalue weighted by molar-refractivity contribution is 5.78. The first-order valence-electron chi connectivity index (χ1n) is 7.27. The molecule has 0 spiro atoms. The number of amides is 1. The number of aryl methyl sites for hydroxylation is 1. The van der Waals surface area contributed by atoms with E-state index in [1.165, 1.54) is 11.1 Å². The standard InChI is InChI=1S/C16H24N2O2/c1-11(2)18-16(19)10-17-14-6-4-12-5-7-15(20-3)9-13(12)8-14/h5,7,9,11,14,17H,4,6,8,10H2,1-3H3,(H,18,19). The summed E-state index contributed by atoms with van der Waals surface area (Å²) in [6.07, 6.45) is 3.10. The number of rotatable bonds is 5. The molecule has 4 heteroatoms. The first kappa shape index (κ1) is 14.9. The van der Waals surface area contributed by atoms with Crippen molar-refractivity contribution in [3.05, 3.63) is 29.3 Å². The average molecular weight is 276 g/mol. The summed E-state index contributed by atoms with van der Waals surface area (Å²) in [5.74, 6) is 0.971.